The molecular weight excluding hydrogens is 436 g/mol. The smallest absolute Gasteiger partial charge is 0.312 e. The third-order valence-corrected chi connectivity index (χ3v) is 13.6. The van der Waals surface area contributed by atoms with Crippen LogP contribution >= 0.6 is 0 Å². The summed E-state index contributed by atoms with van der Waals surface area (Å²) in [4.78, 5) is 13.4. The Morgan fingerprint density at radius 2 is 1.57 bits per heavy atom. The van der Waals surface area contributed by atoms with Gasteiger partial charge in [0.1, 0.15) is 0 Å². The zero-order chi connectivity index (χ0) is 25.8. The Hall–Kier alpha value is -0.870. The molecule has 5 saturated carbocycles. The van der Waals surface area contributed by atoms with Gasteiger partial charge in [0, 0.05) is 0 Å². The summed E-state index contributed by atoms with van der Waals surface area (Å²) >= 11 is 0. The molecular formula is C31H50O4. The van der Waals surface area contributed by atoms with Gasteiger partial charge in [-0.3, -0.25) is 4.79 Å². The fraction of sp³-hybridized carbons (Fsp3) is 0.903. The molecule has 2 N–H and O–H groups in total. The van der Waals surface area contributed by atoms with E-state index in [0.717, 1.165) is 44.9 Å². The molecule has 4 heteroatoms. The summed E-state index contributed by atoms with van der Waals surface area (Å²) in [5.74, 6) is 2.17. The zero-order valence-corrected chi connectivity index (χ0v) is 23.3. The van der Waals surface area contributed by atoms with Gasteiger partial charge in [0.15, 0.2) is 0 Å². The van der Waals surface area contributed by atoms with Crippen LogP contribution in [-0.2, 0) is 9.53 Å². The Bertz CT molecular complexity index is 910. The van der Waals surface area contributed by atoms with Crippen LogP contribution in [-0.4, -0.2) is 35.5 Å². The average molecular weight is 487 g/mol. The molecule has 4 nitrogen and oxygen atoms in total. The third kappa shape index (κ3) is 3.02. The molecule has 0 amide bonds. The van der Waals surface area contributed by atoms with Gasteiger partial charge >= 0.3 is 5.97 Å². The predicted octanol–water partition coefficient (Wildman–Crippen LogP) is 6.15. The molecule has 0 bridgehead atoms. The van der Waals surface area contributed by atoms with E-state index in [1.165, 1.54) is 12.0 Å². The molecule has 0 aromatic heterocycles. The lowest BCUT2D eigenvalue weighted by molar-refractivity contribution is -0.263. The molecule has 198 valence electrons. The number of hydrogen-bond acceptors (Lipinski definition) is 4. The molecule has 0 aliphatic heterocycles. The third-order valence-electron chi connectivity index (χ3n) is 13.6. The van der Waals surface area contributed by atoms with Crippen molar-refractivity contribution in [2.45, 2.75) is 112 Å². The van der Waals surface area contributed by atoms with Crippen LogP contribution in [0.2, 0.25) is 0 Å². The highest BCUT2D eigenvalue weighted by molar-refractivity contribution is 5.78. The molecule has 11 atom stereocenters. The Balaban J connectivity index is 1.57. The van der Waals surface area contributed by atoms with Crippen molar-refractivity contribution in [2.24, 2.45) is 56.7 Å². The highest BCUT2D eigenvalue weighted by atomic mass is 16.5. The Labute approximate surface area is 213 Å². The van der Waals surface area contributed by atoms with Gasteiger partial charge in [0.05, 0.1) is 24.7 Å². The van der Waals surface area contributed by atoms with Crippen LogP contribution in [0.15, 0.2) is 12.2 Å². The first kappa shape index (κ1) is 25.8. The van der Waals surface area contributed by atoms with Crippen molar-refractivity contribution in [3.63, 3.8) is 0 Å². The number of allylic oxidation sites excluding steroid dienone is 1. The SMILES string of the molecule is C=C(C)[C@@H]1CC[C@]2(C(=O)OC)CC[C@]3(C)C(CCC4[C@@]5(C)C[C@@H](O)[C@H](O)C(C)(C)C5CC[C@]43C)C12. The number of rotatable bonds is 2. The van der Waals surface area contributed by atoms with Gasteiger partial charge in [-0.2, -0.15) is 0 Å². The number of carbonyl (C=O) groups is 1. The van der Waals surface area contributed by atoms with Gasteiger partial charge in [-0.15, -0.1) is 0 Å². The number of aliphatic hydroxyl groups is 2. The molecule has 0 aromatic rings. The second-order valence-electron chi connectivity index (χ2n) is 14.9. The molecule has 5 aliphatic rings. The van der Waals surface area contributed by atoms with E-state index in [2.05, 4.69) is 48.1 Å². The van der Waals surface area contributed by atoms with E-state index in [-0.39, 0.29) is 33.0 Å². The molecule has 4 unspecified atom stereocenters. The Morgan fingerprint density at radius 1 is 0.886 bits per heavy atom. The summed E-state index contributed by atoms with van der Waals surface area (Å²) in [6.45, 7) is 18.5. The highest BCUT2D eigenvalue weighted by Crippen LogP contribution is 2.77. The number of fused-ring (bicyclic) bond motifs is 7. The maximum absolute atomic E-state index is 13.4. The molecule has 5 fully saturated rings. The van der Waals surface area contributed by atoms with Gasteiger partial charge in [-0.25, -0.2) is 0 Å². The van der Waals surface area contributed by atoms with Crippen LogP contribution in [0.25, 0.3) is 0 Å². The van der Waals surface area contributed by atoms with E-state index in [9.17, 15) is 15.0 Å². The maximum Gasteiger partial charge on any atom is 0.312 e. The van der Waals surface area contributed by atoms with E-state index in [0.29, 0.717) is 36.0 Å². The van der Waals surface area contributed by atoms with Crippen LogP contribution in [0, 0.1) is 56.7 Å². The first-order valence-corrected chi connectivity index (χ1v) is 14.3. The standard InChI is InChI=1S/C31H50O4/c1-18(2)19-11-14-31(26(34)35-8)16-15-29(6)20(24(19)31)9-10-23-28(5)17-21(32)25(33)27(3,4)22(28)12-13-30(23,29)7/h19-25,32-33H,1,9-17H2,2-8H3/t19-,20?,21+,22?,23?,24?,25-,28-,29+,30+,31-/m0/s1. The fourth-order valence-corrected chi connectivity index (χ4v) is 11.8. The van der Waals surface area contributed by atoms with Crippen molar-refractivity contribution >= 4 is 5.97 Å². The number of esters is 1. The van der Waals surface area contributed by atoms with Gasteiger partial charge < -0.3 is 14.9 Å². The number of aliphatic hydroxyl groups excluding tert-OH is 2. The molecule has 0 saturated heterocycles. The molecule has 0 heterocycles. The van der Waals surface area contributed by atoms with Crippen molar-refractivity contribution in [3.8, 4) is 0 Å². The second kappa shape index (κ2) is 7.82. The van der Waals surface area contributed by atoms with E-state index < -0.39 is 12.2 Å². The minimum atomic E-state index is -0.653. The van der Waals surface area contributed by atoms with E-state index in [4.69, 9.17) is 4.74 Å². The average Bonchev–Trinajstić information content (AvgIpc) is 3.18. The minimum Gasteiger partial charge on any atom is -0.469 e. The first-order valence-electron chi connectivity index (χ1n) is 14.3. The molecule has 5 aliphatic carbocycles. The van der Waals surface area contributed by atoms with Gasteiger partial charge in [0.25, 0.3) is 0 Å². The van der Waals surface area contributed by atoms with Gasteiger partial charge in [0.2, 0.25) is 0 Å². The topological polar surface area (TPSA) is 66.8 Å². The first-order chi connectivity index (χ1) is 16.2. The maximum atomic E-state index is 13.4. The molecule has 0 spiro atoms. The molecule has 0 aromatic carbocycles. The van der Waals surface area contributed by atoms with Crippen LogP contribution in [0.5, 0.6) is 0 Å². The fourth-order valence-electron chi connectivity index (χ4n) is 11.8. The molecule has 35 heavy (non-hydrogen) atoms. The van der Waals surface area contributed by atoms with E-state index in [1.54, 1.807) is 7.11 Å². The summed E-state index contributed by atoms with van der Waals surface area (Å²) in [5.41, 5.74) is 0.927. The Morgan fingerprint density at radius 3 is 2.20 bits per heavy atom. The monoisotopic (exact) mass is 486 g/mol. The summed E-state index contributed by atoms with van der Waals surface area (Å²) in [6.07, 6.45) is 7.98. The lowest BCUT2D eigenvalue weighted by Gasteiger charge is -2.73. The quantitative estimate of drug-likeness (QED) is 0.363. The Kier molecular flexibility index (Phi) is 5.76. The van der Waals surface area contributed by atoms with Crippen molar-refractivity contribution in [1.29, 1.82) is 0 Å². The number of hydrogen-bond donors (Lipinski definition) is 2. The van der Waals surface area contributed by atoms with Crippen LogP contribution < -0.4 is 0 Å². The van der Waals surface area contributed by atoms with Crippen molar-refractivity contribution < 1.29 is 19.7 Å². The van der Waals surface area contributed by atoms with E-state index in [1.807, 2.05) is 0 Å². The number of ether oxygens (including phenoxy) is 1. The van der Waals surface area contributed by atoms with Crippen molar-refractivity contribution in [2.75, 3.05) is 7.11 Å². The van der Waals surface area contributed by atoms with Crippen molar-refractivity contribution in [3.05, 3.63) is 12.2 Å². The largest absolute Gasteiger partial charge is 0.469 e. The number of carbonyl (C=O) groups excluding carboxylic acids is 1. The number of methoxy groups -OCH3 is 1. The van der Waals surface area contributed by atoms with Crippen molar-refractivity contribution in [1.82, 2.24) is 0 Å². The normalized spacial score (nSPS) is 54.6. The van der Waals surface area contributed by atoms with Crippen LogP contribution in [0.4, 0.5) is 0 Å². The summed E-state index contributed by atoms with van der Waals surface area (Å²) in [5, 5.41) is 22.0. The van der Waals surface area contributed by atoms with Crippen LogP contribution in [0.1, 0.15) is 99.3 Å². The predicted molar refractivity (Wildman–Crippen MR) is 138 cm³/mol. The summed E-state index contributed by atoms with van der Waals surface area (Å²) in [7, 11) is 1.57. The lowest BCUT2D eigenvalue weighted by Crippen LogP contribution is -2.68. The highest BCUT2D eigenvalue weighted by Gasteiger charge is 2.72. The molecule has 5 rings (SSSR count). The summed E-state index contributed by atoms with van der Waals surface area (Å²) in [6, 6.07) is 0. The zero-order valence-electron chi connectivity index (χ0n) is 23.3. The summed E-state index contributed by atoms with van der Waals surface area (Å²) < 4.78 is 5.48. The molecule has 0 radical (unpaired) electrons. The van der Waals surface area contributed by atoms with Crippen LogP contribution in [0.3, 0.4) is 0 Å². The minimum absolute atomic E-state index is 0.0161. The second-order valence-corrected chi connectivity index (χ2v) is 14.9. The van der Waals surface area contributed by atoms with Gasteiger partial charge in [-0.1, -0.05) is 46.8 Å². The lowest BCUT2D eigenvalue weighted by atomic mass is 9.32. The van der Waals surface area contributed by atoms with Gasteiger partial charge in [-0.05, 0) is 116 Å². The van der Waals surface area contributed by atoms with E-state index >= 15 is 0 Å².